The first-order valence-electron chi connectivity index (χ1n) is 5.13. The number of nitrogens with two attached hydrogens (primary N) is 1. The largest absolute Gasteiger partial charge is 0.389 e. The van der Waals surface area contributed by atoms with Crippen molar-refractivity contribution in [2.45, 2.75) is 32.4 Å². The van der Waals surface area contributed by atoms with E-state index in [4.69, 9.17) is 5.73 Å². The third kappa shape index (κ3) is 8.96. The normalized spacial score (nSPS) is 15.1. The van der Waals surface area contributed by atoms with Crippen LogP contribution < -0.4 is 5.73 Å². The van der Waals surface area contributed by atoms with E-state index in [1.807, 2.05) is 0 Å². The highest BCUT2D eigenvalue weighted by atomic mass is 32.2. The summed E-state index contributed by atoms with van der Waals surface area (Å²) in [7, 11) is -3.38. The SMILES string of the molecule is CC(CCN)CS(=O)(=O)CCCC(F)(F)F. The molecule has 1 unspecified atom stereocenters. The number of sulfone groups is 1. The molecule has 0 rings (SSSR count). The van der Waals surface area contributed by atoms with Gasteiger partial charge in [-0.05, 0) is 25.3 Å². The minimum Gasteiger partial charge on any atom is -0.330 e. The molecule has 0 heterocycles. The maximum absolute atomic E-state index is 11.8. The molecule has 0 fully saturated rings. The van der Waals surface area contributed by atoms with Crippen LogP contribution in [-0.2, 0) is 9.84 Å². The summed E-state index contributed by atoms with van der Waals surface area (Å²) in [6.45, 7) is 2.12. The number of hydrogen-bond acceptors (Lipinski definition) is 3. The Balaban J connectivity index is 3.97. The monoisotopic (exact) mass is 261 g/mol. The fourth-order valence-corrected chi connectivity index (χ4v) is 3.16. The highest BCUT2D eigenvalue weighted by Crippen LogP contribution is 2.22. The molecule has 0 saturated heterocycles. The quantitative estimate of drug-likeness (QED) is 0.759. The Labute approximate surface area is 94.1 Å². The summed E-state index contributed by atoms with van der Waals surface area (Å²) < 4.78 is 58.2. The lowest BCUT2D eigenvalue weighted by molar-refractivity contribution is -0.134. The van der Waals surface area contributed by atoms with Gasteiger partial charge >= 0.3 is 6.18 Å². The zero-order valence-electron chi connectivity index (χ0n) is 9.26. The van der Waals surface area contributed by atoms with E-state index in [1.165, 1.54) is 0 Å². The molecule has 0 spiro atoms. The van der Waals surface area contributed by atoms with Crippen LogP contribution in [0.4, 0.5) is 13.2 Å². The summed E-state index contributed by atoms with van der Waals surface area (Å²) in [5.74, 6) is -0.579. The van der Waals surface area contributed by atoms with Crippen molar-refractivity contribution in [1.82, 2.24) is 0 Å². The van der Waals surface area contributed by atoms with Gasteiger partial charge in [-0.3, -0.25) is 0 Å². The van der Waals surface area contributed by atoms with Gasteiger partial charge in [0.15, 0.2) is 9.84 Å². The lowest BCUT2D eigenvalue weighted by Gasteiger charge is -2.11. The molecule has 0 saturated carbocycles. The number of rotatable bonds is 7. The maximum atomic E-state index is 11.8. The molecule has 0 amide bonds. The van der Waals surface area contributed by atoms with Crippen molar-refractivity contribution >= 4 is 9.84 Å². The van der Waals surface area contributed by atoms with Gasteiger partial charge in [0.05, 0.1) is 11.5 Å². The Morgan fingerprint density at radius 1 is 1.31 bits per heavy atom. The van der Waals surface area contributed by atoms with Crippen LogP contribution >= 0.6 is 0 Å². The van der Waals surface area contributed by atoms with E-state index in [9.17, 15) is 21.6 Å². The molecule has 0 aromatic heterocycles. The fourth-order valence-electron chi connectivity index (χ4n) is 1.38. The van der Waals surface area contributed by atoms with Crippen molar-refractivity contribution in [3.63, 3.8) is 0 Å². The summed E-state index contributed by atoms with van der Waals surface area (Å²) in [6.07, 6.45) is -5.12. The first kappa shape index (κ1) is 15.7. The molecule has 16 heavy (non-hydrogen) atoms. The standard InChI is InChI=1S/C9H18F3NO2S/c1-8(3-5-13)7-16(14,15)6-2-4-9(10,11)12/h8H,2-7,13H2,1H3. The molecule has 0 radical (unpaired) electrons. The van der Waals surface area contributed by atoms with E-state index in [0.29, 0.717) is 13.0 Å². The number of halogens is 3. The predicted molar refractivity (Wildman–Crippen MR) is 56.8 cm³/mol. The lowest BCUT2D eigenvalue weighted by Crippen LogP contribution is -2.20. The van der Waals surface area contributed by atoms with Crippen molar-refractivity contribution in [2.75, 3.05) is 18.1 Å². The Morgan fingerprint density at radius 2 is 1.88 bits per heavy atom. The van der Waals surface area contributed by atoms with E-state index in [-0.39, 0.29) is 18.1 Å². The molecule has 0 aromatic carbocycles. The highest BCUT2D eigenvalue weighted by Gasteiger charge is 2.27. The first-order valence-corrected chi connectivity index (χ1v) is 6.95. The van der Waals surface area contributed by atoms with E-state index < -0.39 is 28.2 Å². The number of alkyl halides is 3. The van der Waals surface area contributed by atoms with E-state index in [0.717, 1.165) is 0 Å². The first-order chi connectivity index (χ1) is 7.16. The number of hydrogen-bond donors (Lipinski definition) is 1. The molecule has 3 nitrogen and oxygen atoms in total. The van der Waals surface area contributed by atoms with Crippen LogP contribution in [0.1, 0.15) is 26.2 Å². The van der Waals surface area contributed by atoms with Crippen LogP contribution in [0.15, 0.2) is 0 Å². The molecule has 2 N–H and O–H groups in total. The molecule has 0 aliphatic rings. The van der Waals surface area contributed by atoms with Crippen molar-refractivity contribution in [2.24, 2.45) is 11.7 Å². The molecule has 7 heteroatoms. The Morgan fingerprint density at radius 3 is 2.31 bits per heavy atom. The maximum Gasteiger partial charge on any atom is 0.389 e. The Bertz CT molecular complexity index is 288. The van der Waals surface area contributed by atoms with Gasteiger partial charge in [0.1, 0.15) is 0 Å². The van der Waals surface area contributed by atoms with Crippen molar-refractivity contribution in [3.05, 3.63) is 0 Å². The summed E-state index contributed by atoms with van der Waals surface area (Å²) >= 11 is 0. The second-order valence-electron chi connectivity index (χ2n) is 4.02. The zero-order valence-corrected chi connectivity index (χ0v) is 10.1. The average Bonchev–Trinajstić information content (AvgIpc) is 1.99. The van der Waals surface area contributed by atoms with Gasteiger partial charge in [0.25, 0.3) is 0 Å². The van der Waals surface area contributed by atoms with Crippen LogP contribution in [0.3, 0.4) is 0 Å². The summed E-state index contributed by atoms with van der Waals surface area (Å²) in [6, 6.07) is 0. The van der Waals surface area contributed by atoms with Gasteiger partial charge in [-0.2, -0.15) is 13.2 Å². The van der Waals surface area contributed by atoms with E-state index >= 15 is 0 Å². The van der Waals surface area contributed by atoms with Gasteiger partial charge in [-0.15, -0.1) is 0 Å². The molecule has 0 bridgehead atoms. The van der Waals surface area contributed by atoms with E-state index in [1.54, 1.807) is 6.92 Å². The van der Waals surface area contributed by atoms with Gasteiger partial charge in [0, 0.05) is 6.42 Å². The smallest absolute Gasteiger partial charge is 0.330 e. The third-order valence-corrected chi connectivity index (χ3v) is 4.10. The predicted octanol–water partition coefficient (Wildman–Crippen LogP) is 1.73. The van der Waals surface area contributed by atoms with Gasteiger partial charge in [-0.1, -0.05) is 6.92 Å². The highest BCUT2D eigenvalue weighted by molar-refractivity contribution is 7.91. The van der Waals surface area contributed by atoms with Gasteiger partial charge < -0.3 is 5.73 Å². The minimum absolute atomic E-state index is 0.0813. The van der Waals surface area contributed by atoms with E-state index in [2.05, 4.69) is 0 Å². The van der Waals surface area contributed by atoms with Crippen molar-refractivity contribution < 1.29 is 21.6 Å². The van der Waals surface area contributed by atoms with Gasteiger partial charge in [-0.25, -0.2) is 8.42 Å². The third-order valence-electron chi connectivity index (χ3n) is 2.11. The van der Waals surface area contributed by atoms with Gasteiger partial charge in [0.2, 0.25) is 0 Å². The summed E-state index contributed by atoms with van der Waals surface area (Å²) in [5.41, 5.74) is 5.26. The van der Waals surface area contributed by atoms with Crippen LogP contribution in [0, 0.1) is 5.92 Å². The zero-order chi connectivity index (χ0) is 12.8. The molecular formula is C9H18F3NO2S. The molecule has 98 valence electrons. The van der Waals surface area contributed by atoms with Crippen molar-refractivity contribution in [3.8, 4) is 0 Å². The Hall–Kier alpha value is -0.300. The molecular weight excluding hydrogens is 243 g/mol. The molecule has 0 aliphatic heterocycles. The topological polar surface area (TPSA) is 60.2 Å². The lowest BCUT2D eigenvalue weighted by atomic mass is 10.1. The molecule has 0 aliphatic carbocycles. The van der Waals surface area contributed by atoms with Crippen LogP contribution in [-0.4, -0.2) is 32.6 Å². The van der Waals surface area contributed by atoms with Crippen molar-refractivity contribution in [1.29, 1.82) is 0 Å². The second kappa shape index (κ2) is 6.44. The fraction of sp³-hybridized carbons (Fsp3) is 1.00. The molecule has 1 atom stereocenters. The Kier molecular flexibility index (Phi) is 6.32. The van der Waals surface area contributed by atoms with Crippen LogP contribution in [0.25, 0.3) is 0 Å². The summed E-state index contributed by atoms with van der Waals surface area (Å²) in [4.78, 5) is 0. The van der Waals surface area contributed by atoms with Crippen LogP contribution in [0.2, 0.25) is 0 Å². The summed E-state index contributed by atoms with van der Waals surface area (Å²) in [5, 5.41) is 0. The minimum atomic E-state index is -4.28. The van der Waals surface area contributed by atoms with Crippen LogP contribution in [0.5, 0.6) is 0 Å². The molecule has 0 aromatic rings. The average molecular weight is 261 g/mol. The second-order valence-corrected chi connectivity index (χ2v) is 6.24.